The van der Waals surface area contributed by atoms with Gasteiger partial charge in [0.15, 0.2) is 0 Å². The molecule has 3 amide bonds. The summed E-state index contributed by atoms with van der Waals surface area (Å²) in [5.41, 5.74) is 1.69. The van der Waals surface area contributed by atoms with Gasteiger partial charge in [-0.2, -0.15) is 0 Å². The second kappa shape index (κ2) is 8.35. The van der Waals surface area contributed by atoms with Crippen molar-refractivity contribution < 1.29 is 19.1 Å². The van der Waals surface area contributed by atoms with Crippen molar-refractivity contribution in [1.29, 1.82) is 0 Å². The van der Waals surface area contributed by atoms with Gasteiger partial charge in [-0.05, 0) is 49.7 Å². The third kappa shape index (κ3) is 4.44. The number of anilines is 3. The van der Waals surface area contributed by atoms with Crippen molar-refractivity contribution in [1.82, 2.24) is 0 Å². The molecule has 0 radical (unpaired) electrons. The number of rotatable bonds is 5. The van der Waals surface area contributed by atoms with Gasteiger partial charge in [0.1, 0.15) is 5.75 Å². The van der Waals surface area contributed by atoms with E-state index in [1.54, 1.807) is 53.4 Å². The van der Waals surface area contributed by atoms with E-state index in [0.29, 0.717) is 36.7 Å². The van der Waals surface area contributed by atoms with Crippen molar-refractivity contribution in [2.75, 3.05) is 28.7 Å². The van der Waals surface area contributed by atoms with E-state index in [0.717, 1.165) is 12.1 Å². The topological polar surface area (TPSA) is 87.7 Å². The van der Waals surface area contributed by atoms with E-state index in [1.807, 2.05) is 6.92 Å². The summed E-state index contributed by atoms with van der Waals surface area (Å²) in [7, 11) is 0. The van der Waals surface area contributed by atoms with Gasteiger partial charge in [-0.25, -0.2) is 0 Å². The van der Waals surface area contributed by atoms with Crippen LogP contribution in [-0.2, 0) is 14.4 Å². The number of nitrogens with zero attached hydrogens (tertiary/aromatic N) is 1. The Balaban J connectivity index is 1.61. The predicted molar refractivity (Wildman–Crippen MR) is 103 cm³/mol. The molecule has 2 N–H and O–H groups in total. The normalized spacial score (nSPS) is 13.4. The largest absolute Gasteiger partial charge is 0.492 e. The molecule has 1 aliphatic rings. The lowest BCUT2D eigenvalue weighted by Crippen LogP contribution is -2.29. The molecule has 27 heavy (non-hydrogen) atoms. The molecule has 2 aromatic carbocycles. The van der Waals surface area contributed by atoms with Gasteiger partial charge in [-0.15, -0.1) is 0 Å². The Morgan fingerprint density at radius 3 is 2.41 bits per heavy atom. The maximum Gasteiger partial charge on any atom is 0.314 e. The number of ether oxygens (including phenoxy) is 1. The van der Waals surface area contributed by atoms with Crippen LogP contribution in [0, 0.1) is 0 Å². The van der Waals surface area contributed by atoms with E-state index in [-0.39, 0.29) is 5.91 Å². The van der Waals surface area contributed by atoms with Gasteiger partial charge in [0.25, 0.3) is 0 Å². The average Bonchev–Trinajstić information content (AvgIpc) is 3.10. The fourth-order valence-corrected chi connectivity index (χ4v) is 2.86. The maximum absolute atomic E-state index is 12.2. The molecule has 0 aromatic heterocycles. The summed E-state index contributed by atoms with van der Waals surface area (Å²) < 4.78 is 5.43. The fraction of sp³-hybridized carbons (Fsp3) is 0.250. The number of benzene rings is 2. The van der Waals surface area contributed by atoms with Gasteiger partial charge < -0.3 is 20.3 Å². The second-order valence-electron chi connectivity index (χ2n) is 6.03. The Bertz CT molecular complexity index is 849. The number of amides is 3. The third-order valence-corrected chi connectivity index (χ3v) is 4.15. The standard InChI is InChI=1S/C20H21N3O4/c1-2-27-17-7-4-3-6-16(17)22-20(26)19(25)21-14-9-11-15(12-10-14)23-13-5-8-18(23)24/h3-4,6-7,9-12H,2,5,8,13H2,1H3,(H,21,25)(H,22,26). The quantitative estimate of drug-likeness (QED) is 0.796. The first-order chi connectivity index (χ1) is 13.1. The zero-order chi connectivity index (χ0) is 19.2. The van der Waals surface area contributed by atoms with E-state index < -0.39 is 11.8 Å². The monoisotopic (exact) mass is 367 g/mol. The lowest BCUT2D eigenvalue weighted by Gasteiger charge is -2.16. The van der Waals surface area contributed by atoms with Crippen molar-refractivity contribution in [2.24, 2.45) is 0 Å². The summed E-state index contributed by atoms with van der Waals surface area (Å²) in [5.74, 6) is -0.979. The number of para-hydroxylation sites is 2. The van der Waals surface area contributed by atoms with E-state index in [9.17, 15) is 14.4 Å². The molecule has 0 atom stereocenters. The minimum absolute atomic E-state index is 0.0964. The van der Waals surface area contributed by atoms with Gasteiger partial charge in [0.2, 0.25) is 5.91 Å². The van der Waals surface area contributed by atoms with Crippen LogP contribution in [0.5, 0.6) is 5.75 Å². The maximum atomic E-state index is 12.2. The lowest BCUT2D eigenvalue weighted by molar-refractivity contribution is -0.133. The van der Waals surface area contributed by atoms with Crippen LogP contribution in [0.2, 0.25) is 0 Å². The highest BCUT2D eigenvalue weighted by Gasteiger charge is 2.21. The minimum atomic E-state index is -0.791. The third-order valence-electron chi connectivity index (χ3n) is 4.15. The Morgan fingerprint density at radius 2 is 1.74 bits per heavy atom. The zero-order valence-electron chi connectivity index (χ0n) is 15.0. The van der Waals surface area contributed by atoms with E-state index in [4.69, 9.17) is 4.74 Å². The van der Waals surface area contributed by atoms with E-state index >= 15 is 0 Å². The number of carbonyl (C=O) groups is 3. The molecule has 0 spiro atoms. The highest BCUT2D eigenvalue weighted by molar-refractivity contribution is 6.43. The van der Waals surface area contributed by atoms with Crippen LogP contribution in [0.1, 0.15) is 19.8 Å². The van der Waals surface area contributed by atoms with Gasteiger partial charge in [0.05, 0.1) is 12.3 Å². The molecule has 7 nitrogen and oxygen atoms in total. The lowest BCUT2D eigenvalue weighted by atomic mass is 10.2. The highest BCUT2D eigenvalue weighted by Crippen LogP contribution is 2.24. The van der Waals surface area contributed by atoms with Crippen LogP contribution in [0.25, 0.3) is 0 Å². The Labute approximate surface area is 157 Å². The Hall–Kier alpha value is -3.35. The van der Waals surface area contributed by atoms with E-state index in [2.05, 4.69) is 10.6 Å². The Morgan fingerprint density at radius 1 is 1.04 bits per heavy atom. The average molecular weight is 367 g/mol. The molecule has 0 unspecified atom stereocenters. The van der Waals surface area contributed by atoms with Crippen LogP contribution < -0.4 is 20.3 Å². The molecule has 0 saturated carbocycles. The molecule has 1 fully saturated rings. The molecule has 1 aliphatic heterocycles. The SMILES string of the molecule is CCOc1ccccc1NC(=O)C(=O)Nc1ccc(N2CCCC2=O)cc1. The number of carbonyl (C=O) groups excluding carboxylic acids is 3. The summed E-state index contributed by atoms with van der Waals surface area (Å²) in [4.78, 5) is 37.8. The summed E-state index contributed by atoms with van der Waals surface area (Å²) >= 11 is 0. The molecule has 3 rings (SSSR count). The summed E-state index contributed by atoms with van der Waals surface area (Å²) in [5, 5.41) is 5.10. The summed E-state index contributed by atoms with van der Waals surface area (Å²) in [6.45, 7) is 2.99. The molecule has 1 saturated heterocycles. The molecule has 1 heterocycles. The molecule has 140 valence electrons. The van der Waals surface area contributed by atoms with Gasteiger partial charge in [-0.1, -0.05) is 12.1 Å². The summed E-state index contributed by atoms with van der Waals surface area (Å²) in [6, 6.07) is 13.7. The van der Waals surface area contributed by atoms with E-state index in [1.165, 1.54) is 0 Å². The molecule has 0 aliphatic carbocycles. The predicted octanol–water partition coefficient (Wildman–Crippen LogP) is 2.79. The Kier molecular flexibility index (Phi) is 5.71. The minimum Gasteiger partial charge on any atom is -0.492 e. The first-order valence-corrected chi connectivity index (χ1v) is 8.83. The van der Waals surface area contributed by atoms with Crippen LogP contribution in [0.3, 0.4) is 0 Å². The number of hydrogen-bond donors (Lipinski definition) is 2. The van der Waals surface area contributed by atoms with Crippen LogP contribution in [0.15, 0.2) is 48.5 Å². The molecule has 7 heteroatoms. The van der Waals surface area contributed by atoms with Crippen molar-refractivity contribution >= 4 is 34.8 Å². The van der Waals surface area contributed by atoms with Crippen molar-refractivity contribution in [3.63, 3.8) is 0 Å². The number of hydrogen-bond acceptors (Lipinski definition) is 4. The van der Waals surface area contributed by atoms with Crippen LogP contribution in [0.4, 0.5) is 17.1 Å². The summed E-state index contributed by atoms with van der Waals surface area (Å²) in [6.07, 6.45) is 1.41. The smallest absolute Gasteiger partial charge is 0.314 e. The van der Waals surface area contributed by atoms with Crippen LogP contribution >= 0.6 is 0 Å². The molecular formula is C20H21N3O4. The van der Waals surface area contributed by atoms with Crippen molar-refractivity contribution in [3.8, 4) is 5.75 Å². The second-order valence-corrected chi connectivity index (χ2v) is 6.03. The van der Waals surface area contributed by atoms with Crippen LogP contribution in [-0.4, -0.2) is 30.9 Å². The van der Waals surface area contributed by atoms with Crippen molar-refractivity contribution in [3.05, 3.63) is 48.5 Å². The first-order valence-electron chi connectivity index (χ1n) is 8.83. The van der Waals surface area contributed by atoms with Gasteiger partial charge >= 0.3 is 11.8 Å². The molecular weight excluding hydrogens is 346 g/mol. The zero-order valence-corrected chi connectivity index (χ0v) is 15.0. The molecule has 2 aromatic rings. The first kappa shape index (κ1) is 18.4. The highest BCUT2D eigenvalue weighted by atomic mass is 16.5. The molecule has 0 bridgehead atoms. The fourth-order valence-electron chi connectivity index (χ4n) is 2.86. The number of nitrogens with one attached hydrogen (secondary N) is 2. The van der Waals surface area contributed by atoms with Gasteiger partial charge in [0, 0.05) is 24.3 Å². The van der Waals surface area contributed by atoms with Gasteiger partial charge in [-0.3, -0.25) is 14.4 Å². The van der Waals surface area contributed by atoms with Crippen molar-refractivity contribution in [2.45, 2.75) is 19.8 Å².